The molecule has 0 radical (unpaired) electrons. The number of fused-ring (bicyclic) bond motifs is 1. The number of aryl methyl sites for hydroxylation is 1. The van der Waals surface area contributed by atoms with E-state index in [9.17, 15) is 0 Å². The van der Waals surface area contributed by atoms with Crippen LogP contribution in [0.1, 0.15) is 30.0 Å². The summed E-state index contributed by atoms with van der Waals surface area (Å²) in [6.07, 6.45) is 3.71. The van der Waals surface area contributed by atoms with Crippen LogP contribution in [-0.4, -0.2) is 23.4 Å². The second-order valence-electron chi connectivity index (χ2n) is 3.93. The smallest absolute Gasteiger partial charge is 0.107 e. The summed E-state index contributed by atoms with van der Waals surface area (Å²) in [5, 5.41) is 7.82. The first-order valence-corrected chi connectivity index (χ1v) is 5.89. The van der Waals surface area contributed by atoms with Gasteiger partial charge in [-0.1, -0.05) is 0 Å². The molecule has 78 valence electrons. The number of halogens is 1. The van der Waals surface area contributed by atoms with Gasteiger partial charge in [0.05, 0.1) is 5.69 Å². The summed E-state index contributed by atoms with van der Waals surface area (Å²) in [6, 6.07) is 0. The molecule has 1 aromatic heterocycles. The average Bonchev–Trinajstić information content (AvgIpc) is 2.46. The number of aromatic nitrogens is 2. The highest BCUT2D eigenvalue weighted by Crippen LogP contribution is 2.34. The van der Waals surface area contributed by atoms with Crippen molar-refractivity contribution in [1.29, 1.82) is 0 Å². The number of rotatable bonds is 2. The van der Waals surface area contributed by atoms with Gasteiger partial charge in [-0.15, -0.1) is 0 Å². The van der Waals surface area contributed by atoms with E-state index in [1.165, 1.54) is 30.5 Å². The molecule has 0 fully saturated rings. The van der Waals surface area contributed by atoms with Crippen molar-refractivity contribution in [3.63, 3.8) is 0 Å². The van der Waals surface area contributed by atoms with Crippen LogP contribution in [0.3, 0.4) is 0 Å². The maximum absolute atomic E-state index is 4.58. The van der Waals surface area contributed by atoms with E-state index in [1.807, 2.05) is 18.8 Å². The summed E-state index contributed by atoms with van der Waals surface area (Å²) < 4.78 is 3.10. The molecule has 4 heteroatoms. The maximum Gasteiger partial charge on any atom is 0.107 e. The van der Waals surface area contributed by atoms with Gasteiger partial charge in [0.25, 0.3) is 0 Å². The van der Waals surface area contributed by atoms with Gasteiger partial charge in [0.2, 0.25) is 0 Å². The maximum atomic E-state index is 4.58. The summed E-state index contributed by atoms with van der Waals surface area (Å²) in [5.74, 6) is 0.598. The molecular weight excluding hydrogens is 242 g/mol. The molecule has 14 heavy (non-hydrogen) atoms. The second-order valence-corrected chi connectivity index (χ2v) is 4.68. The highest BCUT2D eigenvalue weighted by Gasteiger charge is 2.25. The molecule has 1 aliphatic rings. The van der Waals surface area contributed by atoms with Gasteiger partial charge < -0.3 is 5.32 Å². The molecule has 0 spiro atoms. The molecule has 1 aromatic rings. The Balaban J connectivity index is 2.34. The normalized spacial score (nSPS) is 20.9. The lowest BCUT2D eigenvalue weighted by molar-refractivity contribution is 0.514. The van der Waals surface area contributed by atoms with Crippen molar-refractivity contribution in [2.45, 2.75) is 25.2 Å². The van der Waals surface area contributed by atoms with Crippen LogP contribution in [0, 0.1) is 0 Å². The Bertz CT molecular complexity index is 332. The lowest BCUT2D eigenvalue weighted by atomic mass is 9.88. The molecule has 1 heterocycles. The van der Waals surface area contributed by atoms with Gasteiger partial charge in [0, 0.05) is 25.1 Å². The molecular formula is C10H16BrN3. The van der Waals surface area contributed by atoms with E-state index in [2.05, 4.69) is 26.3 Å². The highest BCUT2D eigenvalue weighted by molar-refractivity contribution is 9.10. The quantitative estimate of drug-likeness (QED) is 0.877. The molecule has 1 N–H and O–H groups in total. The Labute approximate surface area is 93.0 Å². The van der Waals surface area contributed by atoms with Crippen LogP contribution in [0.25, 0.3) is 0 Å². The van der Waals surface area contributed by atoms with Crippen LogP contribution < -0.4 is 5.32 Å². The lowest BCUT2D eigenvalue weighted by Crippen LogP contribution is -2.21. The molecule has 2 rings (SSSR count). The average molecular weight is 258 g/mol. The van der Waals surface area contributed by atoms with E-state index in [0.717, 1.165) is 11.1 Å². The minimum Gasteiger partial charge on any atom is -0.319 e. The van der Waals surface area contributed by atoms with E-state index >= 15 is 0 Å². The third-order valence-electron chi connectivity index (χ3n) is 2.92. The molecule has 0 aliphatic heterocycles. The van der Waals surface area contributed by atoms with Gasteiger partial charge in [-0.25, -0.2) is 0 Å². The summed E-state index contributed by atoms with van der Waals surface area (Å²) in [5.41, 5.74) is 2.71. The number of hydrogen-bond acceptors (Lipinski definition) is 2. The van der Waals surface area contributed by atoms with Crippen molar-refractivity contribution in [2.75, 3.05) is 13.6 Å². The summed E-state index contributed by atoms with van der Waals surface area (Å²) >= 11 is 3.59. The molecule has 0 saturated heterocycles. The third kappa shape index (κ3) is 1.61. The topological polar surface area (TPSA) is 29.9 Å². The fourth-order valence-corrected chi connectivity index (χ4v) is 2.71. The van der Waals surface area contributed by atoms with E-state index in [-0.39, 0.29) is 0 Å². The first-order chi connectivity index (χ1) is 6.74. The van der Waals surface area contributed by atoms with Crippen molar-refractivity contribution in [3.05, 3.63) is 15.9 Å². The van der Waals surface area contributed by atoms with Gasteiger partial charge in [-0.05, 0) is 42.2 Å². The molecule has 1 atom stereocenters. The first kappa shape index (κ1) is 10.2. The van der Waals surface area contributed by atoms with E-state index in [1.54, 1.807) is 0 Å². The van der Waals surface area contributed by atoms with Crippen LogP contribution in [0.15, 0.2) is 4.60 Å². The molecule has 1 aliphatic carbocycles. The van der Waals surface area contributed by atoms with Crippen LogP contribution in [0.5, 0.6) is 0 Å². The van der Waals surface area contributed by atoms with Crippen molar-refractivity contribution in [1.82, 2.24) is 15.1 Å². The van der Waals surface area contributed by atoms with Crippen molar-refractivity contribution in [3.8, 4) is 0 Å². The Morgan fingerprint density at radius 3 is 3.14 bits per heavy atom. The first-order valence-electron chi connectivity index (χ1n) is 5.10. The number of likely N-dealkylation sites (N-methyl/N-ethyl adjacent to an activating group) is 1. The molecule has 0 bridgehead atoms. The monoisotopic (exact) mass is 257 g/mol. The van der Waals surface area contributed by atoms with Crippen molar-refractivity contribution >= 4 is 15.9 Å². The third-order valence-corrected chi connectivity index (χ3v) is 3.91. The fraction of sp³-hybridized carbons (Fsp3) is 0.700. The Morgan fingerprint density at radius 1 is 1.64 bits per heavy atom. The minimum atomic E-state index is 0.598. The molecule has 0 amide bonds. The molecule has 0 saturated carbocycles. The van der Waals surface area contributed by atoms with Gasteiger partial charge >= 0.3 is 0 Å². The summed E-state index contributed by atoms with van der Waals surface area (Å²) in [7, 11) is 4.01. The predicted octanol–water partition coefficient (Wildman–Crippen LogP) is 1.82. The Morgan fingerprint density at radius 2 is 2.43 bits per heavy atom. The highest BCUT2D eigenvalue weighted by atomic mass is 79.9. The fourth-order valence-electron chi connectivity index (χ4n) is 2.23. The zero-order valence-electron chi connectivity index (χ0n) is 8.68. The van der Waals surface area contributed by atoms with Gasteiger partial charge in [-0.2, -0.15) is 5.10 Å². The zero-order valence-corrected chi connectivity index (χ0v) is 10.3. The van der Waals surface area contributed by atoms with Crippen LogP contribution >= 0.6 is 15.9 Å². The SMILES string of the molecule is CNCC1CCCc2c1nn(C)c2Br. The number of hydrogen-bond donors (Lipinski definition) is 1. The Hall–Kier alpha value is -0.350. The number of nitrogens with zero attached hydrogens (tertiary/aromatic N) is 2. The molecule has 3 nitrogen and oxygen atoms in total. The predicted molar refractivity (Wildman–Crippen MR) is 60.5 cm³/mol. The minimum absolute atomic E-state index is 0.598. The summed E-state index contributed by atoms with van der Waals surface area (Å²) in [4.78, 5) is 0. The van der Waals surface area contributed by atoms with Gasteiger partial charge in [0.1, 0.15) is 4.60 Å². The molecule has 0 aromatic carbocycles. The van der Waals surface area contributed by atoms with Gasteiger partial charge in [-0.3, -0.25) is 4.68 Å². The molecule has 1 unspecified atom stereocenters. The summed E-state index contributed by atoms with van der Waals surface area (Å²) in [6.45, 7) is 1.04. The van der Waals surface area contributed by atoms with Crippen molar-refractivity contribution in [2.24, 2.45) is 7.05 Å². The standard InChI is InChI=1S/C10H16BrN3/c1-12-6-7-4-3-5-8-9(7)13-14(2)10(8)11/h7,12H,3-6H2,1-2H3. The van der Waals surface area contributed by atoms with E-state index < -0.39 is 0 Å². The van der Waals surface area contributed by atoms with Gasteiger partial charge in [0.15, 0.2) is 0 Å². The Kier molecular flexibility index (Phi) is 2.93. The second kappa shape index (κ2) is 4.03. The van der Waals surface area contributed by atoms with Crippen molar-refractivity contribution < 1.29 is 0 Å². The number of nitrogens with one attached hydrogen (secondary N) is 1. The van der Waals surface area contributed by atoms with Crippen LogP contribution in [0.2, 0.25) is 0 Å². The van der Waals surface area contributed by atoms with Crippen LogP contribution in [-0.2, 0) is 13.5 Å². The largest absolute Gasteiger partial charge is 0.319 e. The van der Waals surface area contributed by atoms with E-state index in [0.29, 0.717) is 5.92 Å². The van der Waals surface area contributed by atoms with E-state index in [4.69, 9.17) is 0 Å². The lowest BCUT2D eigenvalue weighted by Gasteiger charge is -2.20. The van der Waals surface area contributed by atoms with Crippen LogP contribution in [0.4, 0.5) is 0 Å². The zero-order chi connectivity index (χ0) is 10.1.